The van der Waals surface area contributed by atoms with Gasteiger partial charge in [-0.05, 0) is 31.7 Å². The van der Waals surface area contributed by atoms with Crippen molar-refractivity contribution in [1.82, 2.24) is 13.9 Å². The van der Waals surface area contributed by atoms with E-state index in [1.54, 1.807) is 11.4 Å². The molecule has 0 spiro atoms. The molecule has 26 heavy (non-hydrogen) atoms. The molecule has 0 aliphatic carbocycles. The Hall–Kier alpha value is -1.64. The molecule has 144 valence electrons. The number of methoxy groups -OCH3 is 1. The molecule has 2 fully saturated rings. The smallest absolute Gasteiger partial charge is 0.281 e. The van der Waals surface area contributed by atoms with Gasteiger partial charge < -0.3 is 10.1 Å². The molecule has 1 amide bonds. The minimum atomic E-state index is -3.36. The van der Waals surface area contributed by atoms with Crippen molar-refractivity contribution in [2.45, 2.75) is 32.2 Å². The lowest BCUT2D eigenvalue weighted by Crippen LogP contribution is -2.48. The maximum Gasteiger partial charge on any atom is 0.281 e. The van der Waals surface area contributed by atoms with E-state index in [1.165, 1.54) is 4.31 Å². The Morgan fingerprint density at radius 2 is 1.73 bits per heavy atom. The number of hydrogen-bond acceptors (Lipinski definition) is 4. The van der Waals surface area contributed by atoms with E-state index in [0.717, 1.165) is 24.2 Å². The topological polar surface area (TPSA) is 79.0 Å². The van der Waals surface area contributed by atoms with Crippen LogP contribution < -0.4 is 10.1 Å². The van der Waals surface area contributed by atoms with Crippen LogP contribution >= 0.6 is 0 Å². The van der Waals surface area contributed by atoms with Gasteiger partial charge in [0, 0.05) is 44.2 Å². The first kappa shape index (κ1) is 19.1. The average molecular weight is 381 g/mol. The van der Waals surface area contributed by atoms with Crippen LogP contribution in [0.5, 0.6) is 5.75 Å². The van der Waals surface area contributed by atoms with E-state index in [-0.39, 0.29) is 11.8 Å². The number of carbonyl (C=O) groups is 1. The van der Waals surface area contributed by atoms with E-state index in [0.29, 0.717) is 45.6 Å². The highest BCUT2D eigenvalue weighted by Crippen LogP contribution is 2.24. The van der Waals surface area contributed by atoms with Crippen molar-refractivity contribution in [2.75, 3.05) is 33.3 Å². The molecule has 0 saturated carbocycles. The quantitative estimate of drug-likeness (QED) is 0.807. The molecule has 0 radical (unpaired) electrons. The predicted octanol–water partition coefficient (Wildman–Crippen LogP) is 1.36. The Labute approximate surface area is 155 Å². The molecule has 2 aliphatic rings. The molecule has 2 saturated heterocycles. The van der Waals surface area contributed by atoms with Crippen LogP contribution in [0.3, 0.4) is 0 Å². The van der Waals surface area contributed by atoms with Crippen molar-refractivity contribution in [3.8, 4) is 5.75 Å². The number of amides is 1. The van der Waals surface area contributed by atoms with Crippen LogP contribution in [0, 0.1) is 5.92 Å². The molecule has 1 aromatic carbocycles. The standard InChI is InChI=1S/C18H27N3O4S/c1-25-17-7-3-2-6-16(17)14-19-18(22)15-8-12-21(13-9-15)26(23,24)20-10-4-5-11-20/h2-3,6-7,15H,4-5,8-14H2,1H3,(H,19,22). The Morgan fingerprint density at radius 3 is 2.38 bits per heavy atom. The lowest BCUT2D eigenvalue weighted by molar-refractivity contribution is -0.126. The van der Waals surface area contributed by atoms with Crippen molar-refractivity contribution in [3.05, 3.63) is 29.8 Å². The number of hydrogen-bond donors (Lipinski definition) is 1. The number of rotatable bonds is 6. The van der Waals surface area contributed by atoms with Crippen LogP contribution in [-0.4, -0.2) is 56.2 Å². The first-order valence-corrected chi connectivity index (χ1v) is 10.6. The SMILES string of the molecule is COc1ccccc1CNC(=O)C1CCN(S(=O)(=O)N2CCCC2)CC1. The highest BCUT2D eigenvalue weighted by Gasteiger charge is 2.35. The normalized spacial score (nSPS) is 20.2. The Morgan fingerprint density at radius 1 is 1.12 bits per heavy atom. The summed E-state index contributed by atoms with van der Waals surface area (Å²) in [5, 5.41) is 2.95. The van der Waals surface area contributed by atoms with Crippen LogP contribution in [-0.2, 0) is 21.5 Å². The van der Waals surface area contributed by atoms with Crippen LogP contribution in [0.15, 0.2) is 24.3 Å². The average Bonchev–Trinajstić information content (AvgIpc) is 3.22. The van der Waals surface area contributed by atoms with E-state index in [9.17, 15) is 13.2 Å². The third-order valence-electron chi connectivity index (χ3n) is 5.19. The summed E-state index contributed by atoms with van der Waals surface area (Å²) >= 11 is 0. The summed E-state index contributed by atoms with van der Waals surface area (Å²) in [6.07, 6.45) is 2.98. The summed E-state index contributed by atoms with van der Waals surface area (Å²) in [6, 6.07) is 7.58. The number of ether oxygens (including phenoxy) is 1. The van der Waals surface area contributed by atoms with Crippen LogP contribution in [0.2, 0.25) is 0 Å². The number of nitrogens with one attached hydrogen (secondary N) is 1. The van der Waals surface area contributed by atoms with Gasteiger partial charge in [-0.25, -0.2) is 0 Å². The van der Waals surface area contributed by atoms with E-state index < -0.39 is 10.2 Å². The summed E-state index contributed by atoms with van der Waals surface area (Å²) in [6.45, 7) is 2.45. The highest BCUT2D eigenvalue weighted by molar-refractivity contribution is 7.86. The molecular weight excluding hydrogens is 354 g/mol. The first-order valence-electron chi connectivity index (χ1n) is 9.17. The van der Waals surface area contributed by atoms with Crippen LogP contribution in [0.1, 0.15) is 31.2 Å². The largest absolute Gasteiger partial charge is 0.496 e. The van der Waals surface area contributed by atoms with Gasteiger partial charge in [0.1, 0.15) is 5.75 Å². The minimum absolute atomic E-state index is 0.0193. The summed E-state index contributed by atoms with van der Waals surface area (Å²) in [4.78, 5) is 12.5. The van der Waals surface area contributed by atoms with Crippen molar-refractivity contribution in [2.24, 2.45) is 5.92 Å². The Balaban J connectivity index is 1.50. The molecule has 0 bridgehead atoms. The Bertz CT molecular complexity index is 724. The molecule has 1 N–H and O–H groups in total. The van der Waals surface area contributed by atoms with E-state index >= 15 is 0 Å². The zero-order chi connectivity index (χ0) is 18.6. The number of nitrogens with zero attached hydrogens (tertiary/aromatic N) is 2. The molecule has 2 heterocycles. The fourth-order valence-corrected chi connectivity index (χ4v) is 5.33. The molecular formula is C18H27N3O4S. The number of para-hydroxylation sites is 1. The molecule has 0 unspecified atom stereocenters. The van der Waals surface area contributed by atoms with Gasteiger partial charge in [0.15, 0.2) is 0 Å². The van der Waals surface area contributed by atoms with E-state index in [4.69, 9.17) is 4.74 Å². The number of carbonyl (C=O) groups excluding carboxylic acids is 1. The van der Waals surface area contributed by atoms with Crippen LogP contribution in [0.25, 0.3) is 0 Å². The third kappa shape index (κ3) is 4.19. The van der Waals surface area contributed by atoms with Gasteiger partial charge in [0.2, 0.25) is 5.91 Å². The fraction of sp³-hybridized carbons (Fsp3) is 0.611. The van der Waals surface area contributed by atoms with E-state index in [1.807, 2.05) is 24.3 Å². The molecule has 0 aromatic heterocycles. The summed E-state index contributed by atoms with van der Waals surface area (Å²) in [5.41, 5.74) is 0.928. The molecule has 0 atom stereocenters. The van der Waals surface area contributed by atoms with Gasteiger partial charge in [0.25, 0.3) is 10.2 Å². The lowest BCUT2D eigenvalue weighted by Gasteiger charge is -2.33. The second kappa shape index (κ2) is 8.37. The Kier molecular flexibility index (Phi) is 6.16. The lowest BCUT2D eigenvalue weighted by atomic mass is 9.97. The number of piperidine rings is 1. The van der Waals surface area contributed by atoms with Crippen molar-refractivity contribution in [3.63, 3.8) is 0 Å². The van der Waals surface area contributed by atoms with Gasteiger partial charge in [0.05, 0.1) is 7.11 Å². The summed E-state index contributed by atoms with van der Waals surface area (Å²) in [5.74, 6) is 0.586. The third-order valence-corrected chi connectivity index (χ3v) is 7.22. The van der Waals surface area contributed by atoms with E-state index in [2.05, 4.69) is 5.32 Å². The van der Waals surface area contributed by atoms with Crippen molar-refractivity contribution < 1.29 is 17.9 Å². The van der Waals surface area contributed by atoms with Gasteiger partial charge in [-0.15, -0.1) is 0 Å². The van der Waals surface area contributed by atoms with Gasteiger partial charge in [-0.1, -0.05) is 18.2 Å². The second-order valence-corrected chi connectivity index (χ2v) is 8.75. The zero-order valence-electron chi connectivity index (χ0n) is 15.2. The first-order chi connectivity index (χ1) is 12.5. The molecule has 2 aliphatic heterocycles. The van der Waals surface area contributed by atoms with Crippen molar-refractivity contribution in [1.29, 1.82) is 0 Å². The molecule has 3 rings (SSSR count). The maximum absolute atomic E-state index is 12.6. The second-order valence-electron chi connectivity index (χ2n) is 6.82. The van der Waals surface area contributed by atoms with Gasteiger partial charge >= 0.3 is 0 Å². The zero-order valence-corrected chi connectivity index (χ0v) is 16.0. The van der Waals surface area contributed by atoms with Crippen molar-refractivity contribution >= 4 is 16.1 Å². The van der Waals surface area contributed by atoms with Gasteiger partial charge in [-0.3, -0.25) is 4.79 Å². The number of benzene rings is 1. The molecule has 1 aromatic rings. The predicted molar refractivity (Wildman–Crippen MR) is 98.9 cm³/mol. The summed E-state index contributed by atoms with van der Waals surface area (Å²) < 4.78 is 33.6. The molecule has 7 nitrogen and oxygen atoms in total. The minimum Gasteiger partial charge on any atom is -0.496 e. The fourth-order valence-electron chi connectivity index (χ4n) is 3.61. The maximum atomic E-state index is 12.6. The monoisotopic (exact) mass is 381 g/mol. The highest BCUT2D eigenvalue weighted by atomic mass is 32.2. The molecule has 8 heteroatoms. The summed E-state index contributed by atoms with van der Waals surface area (Å²) in [7, 11) is -1.75. The van der Waals surface area contributed by atoms with Crippen LogP contribution in [0.4, 0.5) is 0 Å². The van der Waals surface area contributed by atoms with Gasteiger partial charge in [-0.2, -0.15) is 17.0 Å².